The highest BCUT2D eigenvalue weighted by molar-refractivity contribution is 6.00. The average Bonchev–Trinajstić information content (AvgIpc) is 2.60. The van der Waals surface area contributed by atoms with Crippen LogP contribution in [0.3, 0.4) is 0 Å². The molecule has 0 unspecified atom stereocenters. The van der Waals surface area contributed by atoms with E-state index in [1.54, 1.807) is 12.1 Å². The number of hydrogen-bond donors (Lipinski definition) is 3. The standard InChI is InChI=1S/C16H15N3O3/c17-20-14-8-4-3-6-11(14)13-9-15(21-18)10-5-1-2-7-12(10)16(13)22-19/h1-9H,17-19H2. The van der Waals surface area contributed by atoms with Gasteiger partial charge >= 0.3 is 0 Å². The second-order valence-corrected chi connectivity index (χ2v) is 4.65. The number of rotatable bonds is 4. The summed E-state index contributed by atoms with van der Waals surface area (Å²) in [5, 5.41) is 1.56. The van der Waals surface area contributed by atoms with Gasteiger partial charge in [0, 0.05) is 21.9 Å². The quantitative estimate of drug-likeness (QED) is 0.638. The fourth-order valence-electron chi connectivity index (χ4n) is 2.53. The highest BCUT2D eigenvalue weighted by atomic mass is 16.6. The average molecular weight is 297 g/mol. The van der Waals surface area contributed by atoms with Crippen molar-refractivity contribution in [3.05, 3.63) is 54.6 Å². The van der Waals surface area contributed by atoms with E-state index < -0.39 is 0 Å². The van der Waals surface area contributed by atoms with Crippen molar-refractivity contribution >= 4 is 10.8 Å². The summed E-state index contributed by atoms with van der Waals surface area (Å²) < 4.78 is 0. The third kappa shape index (κ3) is 2.21. The van der Waals surface area contributed by atoms with E-state index in [9.17, 15) is 0 Å². The van der Waals surface area contributed by atoms with Crippen molar-refractivity contribution in [2.45, 2.75) is 0 Å². The maximum absolute atomic E-state index is 5.49. The summed E-state index contributed by atoms with van der Waals surface area (Å²) in [6, 6.07) is 16.5. The number of para-hydroxylation sites is 1. The summed E-state index contributed by atoms with van der Waals surface area (Å²) in [6.45, 7) is 0. The Balaban J connectivity index is 2.38. The van der Waals surface area contributed by atoms with E-state index in [1.807, 2.05) is 42.5 Å². The molecule has 0 aromatic heterocycles. The van der Waals surface area contributed by atoms with Crippen LogP contribution in [-0.4, -0.2) is 0 Å². The largest absolute Gasteiger partial charge is 0.411 e. The fourth-order valence-corrected chi connectivity index (χ4v) is 2.53. The Morgan fingerprint density at radius 3 is 1.91 bits per heavy atom. The highest BCUT2D eigenvalue weighted by Crippen LogP contribution is 2.43. The number of benzene rings is 3. The first-order chi connectivity index (χ1) is 10.8. The molecule has 0 saturated carbocycles. The molecule has 6 N–H and O–H groups in total. The van der Waals surface area contributed by atoms with Crippen LogP contribution in [0.25, 0.3) is 21.9 Å². The Morgan fingerprint density at radius 1 is 0.591 bits per heavy atom. The maximum Gasteiger partial charge on any atom is 0.162 e. The maximum atomic E-state index is 5.49. The van der Waals surface area contributed by atoms with Crippen molar-refractivity contribution in [3.8, 4) is 28.4 Å². The van der Waals surface area contributed by atoms with Crippen LogP contribution in [0, 0.1) is 0 Å². The van der Waals surface area contributed by atoms with Crippen molar-refractivity contribution in [1.29, 1.82) is 0 Å². The molecule has 6 nitrogen and oxygen atoms in total. The third-order valence-electron chi connectivity index (χ3n) is 3.51. The predicted molar refractivity (Wildman–Crippen MR) is 83.8 cm³/mol. The number of nitrogens with two attached hydrogens (primary N) is 3. The zero-order valence-electron chi connectivity index (χ0n) is 11.7. The topological polar surface area (TPSA) is 106 Å². The van der Waals surface area contributed by atoms with Gasteiger partial charge in [-0.25, -0.2) is 0 Å². The molecule has 3 aromatic rings. The van der Waals surface area contributed by atoms with Gasteiger partial charge in [0.15, 0.2) is 17.2 Å². The lowest BCUT2D eigenvalue weighted by molar-refractivity contribution is 0.329. The van der Waals surface area contributed by atoms with Crippen LogP contribution in [0.1, 0.15) is 0 Å². The number of fused-ring (bicyclic) bond motifs is 1. The third-order valence-corrected chi connectivity index (χ3v) is 3.51. The molecule has 0 bridgehead atoms. The van der Waals surface area contributed by atoms with E-state index in [1.165, 1.54) is 0 Å². The second kappa shape index (κ2) is 5.90. The molecule has 0 radical (unpaired) electrons. The predicted octanol–water partition coefficient (Wildman–Crippen LogP) is 2.26. The van der Waals surface area contributed by atoms with Crippen LogP contribution in [-0.2, 0) is 0 Å². The van der Waals surface area contributed by atoms with Gasteiger partial charge in [-0.05, 0) is 12.1 Å². The molecule has 6 heteroatoms. The number of hydrogen-bond acceptors (Lipinski definition) is 6. The zero-order chi connectivity index (χ0) is 15.5. The van der Waals surface area contributed by atoms with Gasteiger partial charge in [-0.2, -0.15) is 17.7 Å². The lowest BCUT2D eigenvalue weighted by atomic mass is 9.98. The summed E-state index contributed by atoms with van der Waals surface area (Å²) >= 11 is 0. The van der Waals surface area contributed by atoms with Crippen molar-refractivity contribution in [3.63, 3.8) is 0 Å². The van der Waals surface area contributed by atoms with Crippen LogP contribution >= 0.6 is 0 Å². The first-order valence-electron chi connectivity index (χ1n) is 6.55. The Kier molecular flexibility index (Phi) is 3.80. The summed E-state index contributed by atoms with van der Waals surface area (Å²) in [5.74, 6) is 17.7. The van der Waals surface area contributed by atoms with E-state index in [0.29, 0.717) is 22.8 Å². The Bertz CT molecular complexity index is 821. The van der Waals surface area contributed by atoms with Crippen LogP contribution < -0.4 is 32.2 Å². The minimum atomic E-state index is 0.485. The van der Waals surface area contributed by atoms with Gasteiger partial charge in [-0.3, -0.25) is 0 Å². The van der Waals surface area contributed by atoms with Crippen molar-refractivity contribution < 1.29 is 14.5 Å². The Labute approximate surface area is 126 Å². The van der Waals surface area contributed by atoms with Gasteiger partial charge < -0.3 is 14.5 Å². The highest BCUT2D eigenvalue weighted by Gasteiger charge is 2.18. The molecule has 0 aliphatic rings. The van der Waals surface area contributed by atoms with Crippen molar-refractivity contribution in [1.82, 2.24) is 0 Å². The SMILES string of the molecule is NOc1ccccc1-c1cc(ON)c2ccccc2c1ON. The molecule has 0 aliphatic heterocycles. The lowest BCUT2D eigenvalue weighted by Crippen LogP contribution is -2.08. The Hall–Kier alpha value is -2.80. The molecule has 0 spiro atoms. The molecule has 0 aliphatic carbocycles. The van der Waals surface area contributed by atoms with E-state index in [0.717, 1.165) is 16.3 Å². The van der Waals surface area contributed by atoms with E-state index in [4.69, 9.17) is 32.2 Å². The van der Waals surface area contributed by atoms with Crippen molar-refractivity contribution in [2.24, 2.45) is 17.7 Å². The van der Waals surface area contributed by atoms with Crippen LogP contribution in [0.2, 0.25) is 0 Å². The monoisotopic (exact) mass is 297 g/mol. The summed E-state index contributed by atoms with van der Waals surface area (Å²) in [5.41, 5.74) is 1.39. The molecular weight excluding hydrogens is 282 g/mol. The van der Waals surface area contributed by atoms with Crippen LogP contribution in [0.5, 0.6) is 17.2 Å². The fraction of sp³-hybridized carbons (Fsp3) is 0. The lowest BCUT2D eigenvalue weighted by Gasteiger charge is -2.15. The van der Waals surface area contributed by atoms with Crippen molar-refractivity contribution in [2.75, 3.05) is 0 Å². The molecular formula is C16H15N3O3. The molecule has 112 valence electrons. The Morgan fingerprint density at radius 2 is 1.23 bits per heavy atom. The van der Waals surface area contributed by atoms with Gasteiger partial charge in [-0.1, -0.05) is 42.5 Å². The van der Waals surface area contributed by atoms with Gasteiger partial charge in [0.2, 0.25) is 0 Å². The van der Waals surface area contributed by atoms with E-state index in [2.05, 4.69) is 0 Å². The molecule has 0 atom stereocenters. The first-order valence-corrected chi connectivity index (χ1v) is 6.55. The first kappa shape index (κ1) is 14.2. The molecule has 22 heavy (non-hydrogen) atoms. The molecule has 0 amide bonds. The molecule has 3 rings (SSSR count). The smallest absolute Gasteiger partial charge is 0.162 e. The zero-order valence-corrected chi connectivity index (χ0v) is 11.7. The van der Waals surface area contributed by atoms with Gasteiger partial charge in [-0.15, -0.1) is 0 Å². The van der Waals surface area contributed by atoms with Crippen LogP contribution in [0.4, 0.5) is 0 Å². The second-order valence-electron chi connectivity index (χ2n) is 4.65. The van der Waals surface area contributed by atoms with Gasteiger partial charge in [0.25, 0.3) is 0 Å². The summed E-state index contributed by atoms with van der Waals surface area (Å²) in [4.78, 5) is 15.0. The normalized spacial score (nSPS) is 10.5. The van der Waals surface area contributed by atoms with E-state index in [-0.39, 0.29) is 0 Å². The summed E-state index contributed by atoms with van der Waals surface area (Å²) in [6.07, 6.45) is 0. The van der Waals surface area contributed by atoms with Gasteiger partial charge in [0.1, 0.15) is 0 Å². The minimum Gasteiger partial charge on any atom is -0.411 e. The molecule has 0 saturated heterocycles. The van der Waals surface area contributed by atoms with Gasteiger partial charge in [0.05, 0.1) is 0 Å². The molecule has 0 heterocycles. The van der Waals surface area contributed by atoms with Crippen LogP contribution in [0.15, 0.2) is 54.6 Å². The minimum absolute atomic E-state index is 0.485. The molecule has 0 fully saturated rings. The van der Waals surface area contributed by atoms with E-state index >= 15 is 0 Å². The summed E-state index contributed by atoms with van der Waals surface area (Å²) in [7, 11) is 0. The molecule has 3 aromatic carbocycles.